The molecule has 0 saturated heterocycles. The maximum Gasteiger partial charge on any atom is 0.202 e. The van der Waals surface area contributed by atoms with Gasteiger partial charge in [-0.15, -0.1) is 25.3 Å². The van der Waals surface area contributed by atoms with Crippen LogP contribution >= 0.6 is 25.3 Å². The summed E-state index contributed by atoms with van der Waals surface area (Å²) in [7, 11) is 1.38. The van der Waals surface area contributed by atoms with Gasteiger partial charge in [-0.05, 0) is 123 Å². The Morgan fingerprint density at radius 1 is 0.385 bits per heavy atom. The highest BCUT2D eigenvalue weighted by atomic mass is 32.1. The van der Waals surface area contributed by atoms with E-state index >= 15 is 0 Å². The highest BCUT2D eigenvalue weighted by Gasteiger charge is 2.34. The van der Waals surface area contributed by atoms with Crippen molar-refractivity contribution < 1.29 is 9.47 Å². The minimum atomic E-state index is 0.0960. The fourth-order valence-electron chi connectivity index (χ4n) is 9.57. The molecule has 0 aliphatic carbocycles. The summed E-state index contributed by atoms with van der Waals surface area (Å²) in [6.45, 7) is 4.48. The first-order valence-electron chi connectivity index (χ1n) is 22.1. The number of anilines is 6. The third-order valence-corrected chi connectivity index (χ3v) is 13.3. The molecule has 0 aromatic heterocycles. The molecule has 0 atom stereocenters. The molecule has 0 saturated carbocycles. The van der Waals surface area contributed by atoms with Crippen molar-refractivity contribution in [2.45, 2.75) is 29.6 Å². The summed E-state index contributed by atoms with van der Waals surface area (Å²) in [5.74, 6) is 3.49. The fraction of sp³-hybridized carbons (Fsp3) is 0.0526. The predicted molar refractivity (Wildman–Crippen MR) is 281 cm³/mol. The third-order valence-electron chi connectivity index (χ3n) is 12.5. The average Bonchev–Trinajstić information content (AvgIpc) is 3.33. The smallest absolute Gasteiger partial charge is 0.202 e. The van der Waals surface area contributed by atoms with Crippen molar-refractivity contribution in [2.24, 2.45) is 0 Å². The van der Waals surface area contributed by atoms with Gasteiger partial charge in [0.1, 0.15) is 23.0 Å². The van der Waals surface area contributed by atoms with E-state index in [2.05, 4.69) is 212 Å². The summed E-state index contributed by atoms with van der Waals surface area (Å²) in [5.41, 5.74) is 16.2. The lowest BCUT2D eigenvalue weighted by Gasteiger charge is -2.33. The zero-order valence-corrected chi connectivity index (χ0v) is 37.9. The van der Waals surface area contributed by atoms with Crippen LogP contribution < -0.4 is 41.1 Å². The van der Waals surface area contributed by atoms with Gasteiger partial charge < -0.3 is 19.3 Å². The number of hydrogen-bond acceptors (Lipinski definition) is 6. The molecule has 0 bridgehead atoms. The van der Waals surface area contributed by atoms with Crippen LogP contribution in [-0.2, 0) is 0 Å². The molecule has 9 aromatic rings. The minimum absolute atomic E-state index is 0.0960. The number of para-hydroxylation sites is 4. The van der Waals surface area contributed by atoms with E-state index in [1.807, 2.05) is 12.1 Å². The van der Waals surface area contributed by atoms with Gasteiger partial charge in [0.05, 0.1) is 11.4 Å². The lowest BCUT2D eigenvalue weighted by molar-refractivity contribution is 0.450. The quantitative estimate of drug-likeness (QED) is 0.111. The van der Waals surface area contributed by atoms with Crippen molar-refractivity contribution in [3.63, 3.8) is 0 Å². The summed E-state index contributed by atoms with van der Waals surface area (Å²) in [6.07, 6.45) is 0. The van der Waals surface area contributed by atoms with E-state index in [0.717, 1.165) is 117 Å². The van der Waals surface area contributed by atoms with Gasteiger partial charge in [0.2, 0.25) is 14.6 Å². The number of hydrogen-bond donors (Lipinski definition) is 2. The Morgan fingerprint density at radius 3 is 1.06 bits per heavy atom. The van der Waals surface area contributed by atoms with Gasteiger partial charge >= 0.3 is 0 Å². The van der Waals surface area contributed by atoms with E-state index in [1.165, 1.54) is 0 Å². The van der Waals surface area contributed by atoms with Crippen molar-refractivity contribution in [2.75, 3.05) is 9.80 Å². The van der Waals surface area contributed by atoms with Crippen molar-refractivity contribution in [1.82, 2.24) is 0 Å². The molecule has 312 valence electrons. The van der Waals surface area contributed by atoms with Gasteiger partial charge in [-0.25, -0.2) is 0 Å². The van der Waals surface area contributed by atoms with Crippen LogP contribution in [0.25, 0.3) is 22.3 Å². The Labute approximate surface area is 393 Å². The van der Waals surface area contributed by atoms with E-state index in [4.69, 9.17) is 34.7 Å². The van der Waals surface area contributed by atoms with E-state index in [-0.39, 0.29) is 5.92 Å². The molecule has 2 aliphatic heterocycles. The molecule has 4 nitrogen and oxygen atoms in total. The van der Waals surface area contributed by atoms with Crippen LogP contribution in [0.1, 0.15) is 25.3 Å². The SMILES string of the molecule is CC(C)c1c2c(cc3c1Oc1cc(N(c4ccccc4)c4ccccc4)cc(-c4ccccc4S)c1B3)Bc1c(cc(N(c3ccccc3)c3ccccc3)cc1-c1ccccc1S)O2. The lowest BCUT2D eigenvalue weighted by atomic mass is 9.54. The fourth-order valence-corrected chi connectivity index (χ4v) is 10.1. The number of nitrogens with zero attached hydrogens (tertiary/aromatic N) is 2. The van der Waals surface area contributed by atoms with Crippen LogP contribution in [-0.4, -0.2) is 14.6 Å². The standard InChI is InChI=1S/C57H44B2N2O2S2/c1-36(2)53-56-47(58-54-45(43-27-15-17-29-51(43)64)31-41(33-49(54)62-56)60(37-19-7-3-8-20-37)38-21-9-4-10-22-38)35-48-57(53)63-50-34-42(32-46(55(50)59-48)44-28-16-18-30-52(44)65)61(39-23-11-5-12-24-39)40-25-13-6-14-26-40/h3-36,58-59,64-65H,1-2H3. The Kier molecular flexibility index (Phi) is 10.8. The molecular weight excluding hydrogens is 830 g/mol. The Balaban J connectivity index is 1.09. The molecule has 2 aliphatic rings. The first-order valence-corrected chi connectivity index (χ1v) is 23.0. The number of rotatable bonds is 9. The van der Waals surface area contributed by atoms with Crippen molar-refractivity contribution >= 4 is 95.8 Å². The van der Waals surface area contributed by atoms with Crippen molar-refractivity contribution in [3.05, 3.63) is 206 Å². The van der Waals surface area contributed by atoms with E-state index in [1.54, 1.807) is 0 Å². The third kappa shape index (κ3) is 7.57. The topological polar surface area (TPSA) is 24.9 Å². The van der Waals surface area contributed by atoms with E-state index < -0.39 is 0 Å². The summed E-state index contributed by atoms with van der Waals surface area (Å²) < 4.78 is 14.7. The van der Waals surface area contributed by atoms with E-state index in [0.29, 0.717) is 14.6 Å². The Morgan fingerprint density at radius 2 is 0.723 bits per heavy atom. The molecule has 0 spiro atoms. The first kappa shape index (κ1) is 40.8. The van der Waals surface area contributed by atoms with Gasteiger partial charge in [-0.1, -0.05) is 129 Å². The maximum atomic E-state index is 7.33. The second kappa shape index (κ2) is 17.2. The molecular formula is C57H44B2N2O2S2. The normalized spacial score (nSPS) is 12.0. The lowest BCUT2D eigenvalue weighted by Crippen LogP contribution is -2.43. The van der Waals surface area contributed by atoms with E-state index in [9.17, 15) is 0 Å². The monoisotopic (exact) mass is 874 g/mol. The van der Waals surface area contributed by atoms with Gasteiger partial charge in [0, 0.05) is 50.2 Å². The van der Waals surface area contributed by atoms with Crippen LogP contribution in [0.5, 0.6) is 23.0 Å². The largest absolute Gasteiger partial charge is 0.458 e. The molecule has 65 heavy (non-hydrogen) atoms. The average molecular weight is 875 g/mol. The summed E-state index contributed by atoms with van der Waals surface area (Å²) in [4.78, 5) is 6.42. The second-order valence-electron chi connectivity index (χ2n) is 17.0. The van der Waals surface area contributed by atoms with Crippen LogP contribution in [0, 0.1) is 0 Å². The van der Waals surface area contributed by atoms with Gasteiger partial charge in [0.25, 0.3) is 0 Å². The maximum absolute atomic E-state index is 7.33. The number of thiol groups is 2. The molecule has 2 heterocycles. The van der Waals surface area contributed by atoms with Crippen LogP contribution in [0.3, 0.4) is 0 Å². The van der Waals surface area contributed by atoms with Crippen LogP contribution in [0.2, 0.25) is 0 Å². The van der Waals surface area contributed by atoms with Gasteiger partial charge in [0.15, 0.2) is 0 Å². The highest BCUT2D eigenvalue weighted by Crippen LogP contribution is 2.46. The number of ether oxygens (including phenoxy) is 2. The zero-order chi connectivity index (χ0) is 44.0. The molecule has 0 fully saturated rings. The Bertz CT molecular complexity index is 2930. The van der Waals surface area contributed by atoms with Crippen molar-refractivity contribution in [1.29, 1.82) is 0 Å². The Hall–Kier alpha value is -6.99. The zero-order valence-electron chi connectivity index (χ0n) is 36.1. The van der Waals surface area contributed by atoms with Crippen LogP contribution in [0.15, 0.2) is 210 Å². The summed E-state index contributed by atoms with van der Waals surface area (Å²) in [6, 6.07) is 70.2. The van der Waals surface area contributed by atoms with Crippen molar-refractivity contribution in [3.8, 4) is 45.3 Å². The molecule has 8 heteroatoms. The second-order valence-corrected chi connectivity index (χ2v) is 17.9. The molecule has 0 radical (unpaired) electrons. The number of fused-ring (bicyclic) bond motifs is 4. The molecule has 0 N–H and O–H groups in total. The molecule has 0 unspecified atom stereocenters. The molecule has 9 aromatic carbocycles. The molecule has 0 amide bonds. The minimum Gasteiger partial charge on any atom is -0.458 e. The number of benzene rings is 9. The van der Waals surface area contributed by atoms with Gasteiger partial charge in [-0.3, -0.25) is 0 Å². The predicted octanol–water partition coefficient (Wildman–Crippen LogP) is 12.6. The van der Waals surface area contributed by atoms with Crippen LogP contribution in [0.4, 0.5) is 34.1 Å². The highest BCUT2D eigenvalue weighted by molar-refractivity contribution is 7.80. The molecule has 11 rings (SSSR count). The first-order chi connectivity index (χ1) is 31.9. The van der Waals surface area contributed by atoms with Gasteiger partial charge in [-0.2, -0.15) is 0 Å². The summed E-state index contributed by atoms with van der Waals surface area (Å²) >= 11 is 10.0. The summed E-state index contributed by atoms with van der Waals surface area (Å²) in [5, 5.41) is 0.